The molecule has 0 radical (unpaired) electrons. The van der Waals surface area contributed by atoms with Gasteiger partial charge in [0.25, 0.3) is 5.91 Å². The van der Waals surface area contributed by atoms with Crippen LogP contribution in [0.2, 0.25) is 0 Å². The van der Waals surface area contributed by atoms with E-state index in [1.807, 2.05) is 78.9 Å². The molecule has 1 aliphatic heterocycles. The molecule has 142 valence electrons. The zero-order valence-corrected chi connectivity index (χ0v) is 15.7. The maximum absolute atomic E-state index is 13.5. The fourth-order valence-electron chi connectivity index (χ4n) is 3.81. The second kappa shape index (κ2) is 7.87. The summed E-state index contributed by atoms with van der Waals surface area (Å²) in [7, 11) is 0. The van der Waals surface area contributed by atoms with Crippen molar-refractivity contribution < 1.29 is 9.90 Å². The van der Waals surface area contributed by atoms with Gasteiger partial charge in [-0.05, 0) is 23.3 Å². The molecular formula is C24H24N2O2. The highest BCUT2D eigenvalue weighted by atomic mass is 16.3. The highest BCUT2D eigenvalue weighted by Crippen LogP contribution is 2.32. The molecule has 4 heteroatoms. The summed E-state index contributed by atoms with van der Waals surface area (Å²) < 4.78 is 0. The Kier molecular flexibility index (Phi) is 5.13. The highest BCUT2D eigenvalue weighted by molar-refractivity contribution is 5.90. The van der Waals surface area contributed by atoms with Crippen molar-refractivity contribution in [3.8, 4) is 0 Å². The molecule has 0 spiro atoms. The van der Waals surface area contributed by atoms with Crippen LogP contribution in [-0.4, -0.2) is 42.1 Å². The smallest absolute Gasteiger partial charge is 0.264 e. The average Bonchev–Trinajstić information content (AvgIpc) is 2.80. The van der Waals surface area contributed by atoms with Crippen molar-refractivity contribution in [1.29, 1.82) is 0 Å². The van der Waals surface area contributed by atoms with E-state index in [-0.39, 0.29) is 5.91 Å². The van der Waals surface area contributed by atoms with Crippen LogP contribution in [0.1, 0.15) is 11.1 Å². The number of hydrogen-bond donors (Lipinski definition) is 1. The molecule has 0 aromatic heterocycles. The lowest BCUT2D eigenvalue weighted by Gasteiger charge is -2.40. The van der Waals surface area contributed by atoms with Gasteiger partial charge in [-0.2, -0.15) is 0 Å². The van der Waals surface area contributed by atoms with Gasteiger partial charge in [-0.1, -0.05) is 78.9 Å². The Bertz CT molecular complexity index is 866. The fraction of sp³-hybridized carbons (Fsp3) is 0.208. The van der Waals surface area contributed by atoms with Crippen molar-refractivity contribution >= 4 is 11.6 Å². The van der Waals surface area contributed by atoms with Gasteiger partial charge in [-0.15, -0.1) is 0 Å². The number of carbonyl (C=O) groups excluding carboxylic acids is 1. The Morgan fingerprint density at radius 2 is 1.11 bits per heavy atom. The maximum atomic E-state index is 13.5. The first kappa shape index (κ1) is 18.3. The molecule has 1 N–H and O–H groups in total. The van der Waals surface area contributed by atoms with Crippen LogP contribution in [0.3, 0.4) is 0 Å². The Labute approximate surface area is 165 Å². The number of anilines is 1. The second-order valence-corrected chi connectivity index (χ2v) is 7.06. The SMILES string of the molecule is O=C(N1CCN(c2ccccc2)CC1)C(O)(c1ccccc1)c1ccccc1. The molecule has 0 atom stereocenters. The van der Waals surface area contributed by atoms with Crippen LogP contribution in [-0.2, 0) is 10.4 Å². The third-order valence-corrected chi connectivity index (χ3v) is 5.38. The van der Waals surface area contributed by atoms with E-state index < -0.39 is 5.60 Å². The molecule has 3 aromatic carbocycles. The molecule has 1 aliphatic rings. The van der Waals surface area contributed by atoms with Gasteiger partial charge in [0.15, 0.2) is 5.60 Å². The van der Waals surface area contributed by atoms with Crippen molar-refractivity contribution in [2.45, 2.75) is 5.60 Å². The van der Waals surface area contributed by atoms with Gasteiger partial charge >= 0.3 is 0 Å². The lowest BCUT2D eigenvalue weighted by Crippen LogP contribution is -2.55. The molecule has 4 nitrogen and oxygen atoms in total. The predicted molar refractivity (Wildman–Crippen MR) is 111 cm³/mol. The van der Waals surface area contributed by atoms with Crippen LogP contribution >= 0.6 is 0 Å². The molecule has 4 rings (SSSR count). The zero-order chi connectivity index (χ0) is 19.4. The first-order valence-electron chi connectivity index (χ1n) is 9.62. The lowest BCUT2D eigenvalue weighted by atomic mass is 9.85. The standard InChI is InChI=1S/C24H24N2O2/c27-23(26-18-16-25(17-19-26)22-14-8-3-9-15-22)24(28,20-10-4-1-5-11-20)21-12-6-2-7-13-21/h1-15,28H,16-19H2. The van der Waals surface area contributed by atoms with Gasteiger partial charge < -0.3 is 14.9 Å². The number of hydrogen-bond acceptors (Lipinski definition) is 3. The summed E-state index contributed by atoms with van der Waals surface area (Å²) in [6, 6.07) is 28.6. The van der Waals surface area contributed by atoms with Crippen molar-refractivity contribution in [1.82, 2.24) is 4.90 Å². The number of aliphatic hydroxyl groups is 1. The summed E-state index contributed by atoms with van der Waals surface area (Å²) in [6.07, 6.45) is 0. The van der Waals surface area contributed by atoms with Crippen LogP contribution in [0.5, 0.6) is 0 Å². The Morgan fingerprint density at radius 3 is 1.57 bits per heavy atom. The molecule has 1 amide bonds. The fourth-order valence-corrected chi connectivity index (χ4v) is 3.81. The first-order chi connectivity index (χ1) is 13.7. The normalized spacial score (nSPS) is 14.8. The Morgan fingerprint density at radius 1 is 0.679 bits per heavy atom. The number of amides is 1. The third-order valence-electron chi connectivity index (χ3n) is 5.38. The summed E-state index contributed by atoms with van der Waals surface area (Å²) in [6.45, 7) is 2.65. The van der Waals surface area contributed by atoms with E-state index in [4.69, 9.17) is 0 Å². The van der Waals surface area contributed by atoms with Gasteiger partial charge in [0, 0.05) is 31.9 Å². The Hall–Kier alpha value is -3.11. The van der Waals surface area contributed by atoms with Crippen molar-refractivity contribution in [3.63, 3.8) is 0 Å². The molecule has 0 saturated carbocycles. The van der Waals surface area contributed by atoms with Gasteiger partial charge in [0.1, 0.15) is 0 Å². The van der Waals surface area contributed by atoms with E-state index in [0.29, 0.717) is 24.2 Å². The van der Waals surface area contributed by atoms with E-state index in [0.717, 1.165) is 18.8 Å². The minimum Gasteiger partial charge on any atom is -0.372 e. The monoisotopic (exact) mass is 372 g/mol. The number of piperazine rings is 1. The first-order valence-corrected chi connectivity index (χ1v) is 9.62. The molecule has 1 saturated heterocycles. The quantitative estimate of drug-likeness (QED) is 0.764. The topological polar surface area (TPSA) is 43.8 Å². The average molecular weight is 372 g/mol. The molecule has 1 fully saturated rings. The van der Waals surface area contributed by atoms with E-state index in [1.165, 1.54) is 0 Å². The van der Waals surface area contributed by atoms with E-state index in [9.17, 15) is 9.90 Å². The summed E-state index contributed by atoms with van der Waals surface area (Å²) in [5.74, 6) is -0.266. The number of para-hydroxylation sites is 1. The summed E-state index contributed by atoms with van der Waals surface area (Å²) >= 11 is 0. The second-order valence-electron chi connectivity index (χ2n) is 7.06. The summed E-state index contributed by atoms with van der Waals surface area (Å²) in [4.78, 5) is 17.6. The summed E-state index contributed by atoms with van der Waals surface area (Å²) in [5.41, 5.74) is 0.668. The number of carbonyl (C=O) groups is 1. The van der Waals surface area contributed by atoms with Crippen molar-refractivity contribution in [2.24, 2.45) is 0 Å². The highest BCUT2D eigenvalue weighted by Gasteiger charge is 2.43. The van der Waals surface area contributed by atoms with Crippen LogP contribution in [0.15, 0.2) is 91.0 Å². The molecule has 1 heterocycles. The molecule has 0 unspecified atom stereocenters. The van der Waals surface area contributed by atoms with Gasteiger partial charge in [0.05, 0.1) is 0 Å². The maximum Gasteiger partial charge on any atom is 0.264 e. The van der Waals surface area contributed by atoms with Crippen molar-refractivity contribution in [3.05, 3.63) is 102 Å². The zero-order valence-electron chi connectivity index (χ0n) is 15.7. The molecule has 0 aliphatic carbocycles. The number of nitrogens with zero attached hydrogens (tertiary/aromatic N) is 2. The van der Waals surface area contributed by atoms with Crippen LogP contribution in [0.25, 0.3) is 0 Å². The predicted octanol–water partition coefficient (Wildman–Crippen LogP) is 3.27. The summed E-state index contributed by atoms with van der Waals surface area (Å²) in [5, 5.41) is 11.7. The number of rotatable bonds is 4. The van der Waals surface area contributed by atoms with Crippen molar-refractivity contribution in [2.75, 3.05) is 31.1 Å². The minimum atomic E-state index is -1.68. The minimum absolute atomic E-state index is 0.266. The number of benzene rings is 3. The van der Waals surface area contributed by atoms with Crippen LogP contribution < -0.4 is 4.90 Å². The molecule has 0 bridgehead atoms. The van der Waals surface area contributed by atoms with E-state index >= 15 is 0 Å². The van der Waals surface area contributed by atoms with E-state index in [1.54, 1.807) is 4.90 Å². The molecule has 28 heavy (non-hydrogen) atoms. The molecule has 3 aromatic rings. The van der Waals surface area contributed by atoms with Gasteiger partial charge in [-0.3, -0.25) is 4.79 Å². The molecular weight excluding hydrogens is 348 g/mol. The Balaban J connectivity index is 1.59. The van der Waals surface area contributed by atoms with Crippen LogP contribution in [0.4, 0.5) is 5.69 Å². The largest absolute Gasteiger partial charge is 0.372 e. The van der Waals surface area contributed by atoms with Crippen LogP contribution in [0, 0.1) is 0 Å². The van der Waals surface area contributed by atoms with Gasteiger partial charge in [0.2, 0.25) is 0 Å². The van der Waals surface area contributed by atoms with Gasteiger partial charge in [-0.25, -0.2) is 0 Å². The lowest BCUT2D eigenvalue weighted by molar-refractivity contribution is -0.148. The van der Waals surface area contributed by atoms with E-state index in [2.05, 4.69) is 17.0 Å². The third kappa shape index (κ3) is 3.39.